The molecular formula is C39H54F2N6O8. The highest BCUT2D eigenvalue weighted by Gasteiger charge is 2.43. The molecule has 3 heterocycles. The Morgan fingerprint density at radius 2 is 1.60 bits per heavy atom. The lowest BCUT2D eigenvalue weighted by Crippen LogP contribution is -2.60. The molecule has 0 saturated carbocycles. The lowest BCUT2D eigenvalue weighted by molar-refractivity contribution is -0.158. The van der Waals surface area contributed by atoms with Crippen molar-refractivity contribution in [3.8, 4) is 0 Å². The van der Waals surface area contributed by atoms with Crippen LogP contribution in [0.1, 0.15) is 90.5 Å². The molecule has 0 bridgehead atoms. The number of carbonyl (C=O) groups excluding carboxylic acids is 7. The summed E-state index contributed by atoms with van der Waals surface area (Å²) >= 11 is 0. The number of hydrogen-bond acceptors (Lipinski definition) is 8. The summed E-state index contributed by atoms with van der Waals surface area (Å²) < 4.78 is 33.6. The summed E-state index contributed by atoms with van der Waals surface area (Å²) in [6.45, 7) is 4.79. The van der Waals surface area contributed by atoms with Gasteiger partial charge in [0.15, 0.2) is 11.6 Å². The number of hydrogen-bond donors (Lipinski definition) is 3. The van der Waals surface area contributed by atoms with Gasteiger partial charge in [-0.2, -0.15) is 0 Å². The number of ether oxygens (including phenoxy) is 1. The van der Waals surface area contributed by atoms with Crippen LogP contribution in [0.2, 0.25) is 0 Å². The lowest BCUT2D eigenvalue weighted by atomic mass is 10.0. The zero-order valence-corrected chi connectivity index (χ0v) is 32.1. The fourth-order valence-corrected chi connectivity index (χ4v) is 7.11. The average Bonchev–Trinajstić information content (AvgIpc) is 3.86. The van der Waals surface area contributed by atoms with Crippen molar-refractivity contribution in [1.29, 1.82) is 0 Å². The molecule has 16 heteroatoms. The molecule has 3 N–H and O–H groups in total. The topological polar surface area (TPSA) is 175 Å². The Balaban J connectivity index is 1.62. The first-order chi connectivity index (χ1) is 26.2. The molecule has 0 unspecified atom stereocenters. The van der Waals surface area contributed by atoms with E-state index in [4.69, 9.17) is 4.74 Å². The first-order valence-corrected chi connectivity index (χ1v) is 19.3. The highest BCUT2D eigenvalue weighted by molar-refractivity contribution is 5.98. The summed E-state index contributed by atoms with van der Waals surface area (Å²) in [6.07, 6.45) is 9.94. The first-order valence-electron chi connectivity index (χ1n) is 19.3. The van der Waals surface area contributed by atoms with Crippen molar-refractivity contribution >= 4 is 41.4 Å². The fourth-order valence-electron chi connectivity index (χ4n) is 7.11. The van der Waals surface area contributed by atoms with Crippen molar-refractivity contribution in [3.63, 3.8) is 0 Å². The van der Waals surface area contributed by atoms with E-state index in [1.807, 2.05) is 0 Å². The van der Waals surface area contributed by atoms with Gasteiger partial charge in [0, 0.05) is 26.6 Å². The van der Waals surface area contributed by atoms with Gasteiger partial charge in [-0.1, -0.05) is 44.7 Å². The number of esters is 1. The standard InChI is InChI=1S/C39H54F2N6O8/c1-5-6-7-8-9-10-11-16-33(48)43-29(22-26-17-18-27(40)28(41)21-26)35(50)44-30-23-55-39(54)32-15-13-20-47(32)36(51)24(2)42-34(49)25(3)45(4)38(53)31-14-12-19-46(31)37(30)52/h11,16-18,21,24-25,29-32H,5-10,12-15,19-20,22-23H2,1-4H3,(H,42,49)(H,43,48)(H,44,50)/t24-,25-,29-,30-,31-,32-/m0/s1. The van der Waals surface area contributed by atoms with E-state index in [2.05, 4.69) is 22.9 Å². The fraction of sp³-hybridized carbons (Fsp3) is 0.615. The first kappa shape index (κ1) is 42.8. The third-order valence-corrected chi connectivity index (χ3v) is 10.5. The molecule has 0 aromatic heterocycles. The van der Waals surface area contributed by atoms with Crippen LogP contribution in [0.3, 0.4) is 0 Å². The number of nitrogens with one attached hydrogen (secondary N) is 3. The summed E-state index contributed by atoms with van der Waals surface area (Å²) in [5.41, 5.74) is 0.182. The molecule has 3 fully saturated rings. The van der Waals surface area contributed by atoms with Crippen molar-refractivity contribution in [2.75, 3.05) is 26.7 Å². The number of cyclic esters (lactones) is 1. The van der Waals surface area contributed by atoms with Gasteiger partial charge >= 0.3 is 5.97 Å². The molecule has 0 radical (unpaired) electrons. The predicted molar refractivity (Wildman–Crippen MR) is 197 cm³/mol. The lowest BCUT2D eigenvalue weighted by Gasteiger charge is -2.34. The molecule has 6 amide bonds. The van der Waals surface area contributed by atoms with E-state index in [9.17, 15) is 42.3 Å². The van der Waals surface area contributed by atoms with Gasteiger partial charge in [0.05, 0.1) is 0 Å². The molecule has 14 nitrogen and oxygen atoms in total. The highest BCUT2D eigenvalue weighted by atomic mass is 19.2. The van der Waals surface area contributed by atoms with E-state index in [0.717, 1.165) is 44.2 Å². The number of likely N-dealkylation sites (N-methyl/N-ethyl adjacent to an activating group) is 1. The molecule has 1 aromatic carbocycles. The second-order valence-corrected chi connectivity index (χ2v) is 14.5. The largest absolute Gasteiger partial charge is 0.461 e. The number of halogens is 2. The van der Waals surface area contributed by atoms with Crippen LogP contribution < -0.4 is 16.0 Å². The van der Waals surface area contributed by atoms with Gasteiger partial charge in [0.2, 0.25) is 35.4 Å². The van der Waals surface area contributed by atoms with Gasteiger partial charge in [-0.3, -0.25) is 28.8 Å². The minimum Gasteiger partial charge on any atom is -0.461 e. The number of benzene rings is 1. The van der Waals surface area contributed by atoms with E-state index in [1.54, 1.807) is 6.08 Å². The molecule has 0 aliphatic carbocycles. The van der Waals surface area contributed by atoms with Gasteiger partial charge in [-0.05, 0) is 76.1 Å². The highest BCUT2D eigenvalue weighted by Crippen LogP contribution is 2.23. The molecule has 1 aromatic rings. The SMILES string of the molecule is CCCCCCCC=CC(=O)N[C@@H](Cc1ccc(F)c(F)c1)C(=O)N[C@H]1COC(=O)[C@@H]2CCCN2C(=O)[C@H](C)NC(=O)[C@H](C)N(C)C(=O)[C@@H]2CCCN2C1=O. The van der Waals surface area contributed by atoms with Gasteiger partial charge in [-0.25, -0.2) is 13.6 Å². The minimum atomic E-state index is -1.55. The monoisotopic (exact) mass is 772 g/mol. The van der Waals surface area contributed by atoms with E-state index < -0.39 is 95.9 Å². The van der Waals surface area contributed by atoms with E-state index in [0.29, 0.717) is 19.3 Å². The van der Waals surface area contributed by atoms with Crippen molar-refractivity contribution < 1.29 is 47.1 Å². The third kappa shape index (κ3) is 11.3. The summed E-state index contributed by atoms with van der Waals surface area (Å²) in [7, 11) is 1.42. The Morgan fingerprint density at radius 3 is 2.29 bits per heavy atom. The summed E-state index contributed by atoms with van der Waals surface area (Å²) in [5, 5.41) is 7.81. The zero-order chi connectivity index (χ0) is 40.2. The van der Waals surface area contributed by atoms with Crippen LogP contribution in [0.15, 0.2) is 30.4 Å². The van der Waals surface area contributed by atoms with Gasteiger partial charge in [0.1, 0.15) is 42.9 Å². The van der Waals surface area contributed by atoms with Crippen molar-refractivity contribution in [3.05, 3.63) is 47.5 Å². The summed E-state index contributed by atoms with van der Waals surface area (Å²) in [5.74, 6) is -6.99. The Hall–Kier alpha value is -4.89. The van der Waals surface area contributed by atoms with Crippen molar-refractivity contribution in [1.82, 2.24) is 30.7 Å². The third-order valence-electron chi connectivity index (χ3n) is 10.5. The number of amides is 6. The van der Waals surface area contributed by atoms with Crippen LogP contribution in [0.25, 0.3) is 0 Å². The molecule has 3 aliphatic rings. The number of fused-ring (bicyclic) bond motifs is 2. The van der Waals surface area contributed by atoms with Crippen molar-refractivity contribution in [2.24, 2.45) is 0 Å². The molecule has 0 spiro atoms. The number of rotatable bonds is 12. The Labute approximate surface area is 320 Å². The van der Waals surface area contributed by atoms with Crippen LogP contribution in [-0.4, -0.2) is 119 Å². The van der Waals surface area contributed by atoms with Crippen LogP contribution in [0.5, 0.6) is 0 Å². The molecule has 4 rings (SSSR count). The summed E-state index contributed by atoms with van der Waals surface area (Å²) in [6, 6.07) is -3.91. The smallest absolute Gasteiger partial charge is 0.328 e. The van der Waals surface area contributed by atoms with E-state index >= 15 is 0 Å². The number of allylic oxidation sites excluding steroid dienone is 1. The van der Waals surface area contributed by atoms with E-state index in [-0.39, 0.29) is 37.9 Å². The van der Waals surface area contributed by atoms with Crippen LogP contribution in [0.4, 0.5) is 8.78 Å². The van der Waals surface area contributed by atoms with E-state index in [1.165, 1.54) is 47.7 Å². The maximum absolute atomic E-state index is 14.3. The maximum atomic E-state index is 14.3. The number of unbranched alkanes of at least 4 members (excludes halogenated alkanes) is 5. The van der Waals surface area contributed by atoms with Crippen LogP contribution in [0, 0.1) is 11.6 Å². The molecule has 55 heavy (non-hydrogen) atoms. The van der Waals surface area contributed by atoms with Crippen molar-refractivity contribution in [2.45, 2.75) is 128 Å². The Morgan fingerprint density at radius 1 is 0.927 bits per heavy atom. The molecular weight excluding hydrogens is 718 g/mol. The van der Waals surface area contributed by atoms with Crippen LogP contribution in [-0.2, 0) is 44.7 Å². The number of carbonyl (C=O) groups is 7. The quantitative estimate of drug-likeness (QED) is 0.165. The predicted octanol–water partition coefficient (Wildman–Crippen LogP) is 2.28. The molecule has 3 saturated heterocycles. The summed E-state index contributed by atoms with van der Waals surface area (Å²) in [4.78, 5) is 98.8. The second-order valence-electron chi connectivity index (χ2n) is 14.5. The normalized spacial score (nSPS) is 24.7. The minimum absolute atomic E-state index is 0.129. The Kier molecular flexibility index (Phi) is 15.7. The van der Waals surface area contributed by atoms with Gasteiger partial charge < -0.3 is 35.4 Å². The van der Waals surface area contributed by atoms with Gasteiger partial charge in [-0.15, -0.1) is 0 Å². The molecule has 6 atom stereocenters. The zero-order valence-electron chi connectivity index (χ0n) is 32.1. The molecule has 3 aliphatic heterocycles. The molecule has 302 valence electrons. The second kappa shape index (κ2) is 20.1. The average molecular weight is 773 g/mol. The number of nitrogens with zero attached hydrogens (tertiary/aromatic N) is 3. The maximum Gasteiger partial charge on any atom is 0.328 e. The Bertz CT molecular complexity index is 1620. The van der Waals surface area contributed by atoms with Gasteiger partial charge in [0.25, 0.3) is 0 Å². The van der Waals surface area contributed by atoms with Crippen LogP contribution >= 0.6 is 0 Å².